The van der Waals surface area contributed by atoms with Gasteiger partial charge in [0.1, 0.15) is 35.1 Å². The van der Waals surface area contributed by atoms with Gasteiger partial charge in [0.05, 0.1) is 34.9 Å². The van der Waals surface area contributed by atoms with Gasteiger partial charge in [0.2, 0.25) is 0 Å². The van der Waals surface area contributed by atoms with Crippen molar-refractivity contribution < 1.29 is 78.9 Å². The fourth-order valence-electron chi connectivity index (χ4n) is 7.52. The number of hydrogen-bond donors (Lipinski definition) is 0. The van der Waals surface area contributed by atoms with Gasteiger partial charge < -0.3 is 62.4 Å². The molecule has 280 valence electrons. The maximum atomic E-state index is 7.19. The third kappa shape index (κ3) is 7.33. The monoisotopic (exact) mass is 878 g/mol. The van der Waals surface area contributed by atoms with E-state index in [-0.39, 0.29) is 80.8 Å². The van der Waals surface area contributed by atoms with Crippen LogP contribution in [0.4, 0.5) is 0 Å². The van der Waals surface area contributed by atoms with Crippen LogP contribution in [0.3, 0.4) is 0 Å². The Hall–Kier alpha value is -3.53. The molecule has 0 amide bonds. The Morgan fingerprint density at radius 1 is 0.500 bits per heavy atom. The molecule has 0 saturated heterocycles. The zero-order chi connectivity index (χ0) is 34.8. The number of aliphatic imine (C=N–C) groups is 2. The molecule has 4 aromatic rings. The summed E-state index contributed by atoms with van der Waals surface area (Å²) >= 11 is 0. The quantitative estimate of drug-likeness (QED) is 0.204. The summed E-state index contributed by atoms with van der Waals surface area (Å²) in [6.07, 6.45) is 0.241. The van der Waals surface area contributed by atoms with Crippen LogP contribution in [0, 0.1) is 11.8 Å². The average molecular weight is 881 g/mol. The Balaban J connectivity index is 0.00000243. The maximum Gasteiger partial charge on any atom is 2.00 e. The van der Waals surface area contributed by atoms with E-state index in [1.807, 2.05) is 97.1 Å². The molecule has 0 saturated carbocycles. The van der Waals surface area contributed by atoms with Crippen LogP contribution in [0.5, 0.6) is 23.0 Å². The molecule has 0 aliphatic carbocycles. The fraction of sp³-hybridized carbons (Fsp3) is 0.366. The summed E-state index contributed by atoms with van der Waals surface area (Å²) in [5.74, 6) is 4.03. The third-order valence-electron chi connectivity index (χ3n) is 9.55. The molecule has 11 heteroatoms. The van der Waals surface area contributed by atoms with Gasteiger partial charge in [-0.05, 0) is 36.1 Å². The topological polar surface area (TPSA) is 80.1 Å². The molecule has 0 fully saturated rings. The summed E-state index contributed by atoms with van der Waals surface area (Å²) < 4.78 is 38.1. The Labute approximate surface area is 338 Å². The normalized spacial score (nSPS) is 18.0. The summed E-state index contributed by atoms with van der Waals surface area (Å²) in [5.41, 5.74) is 1.39. The second-order valence-electron chi connectivity index (χ2n) is 13.1. The van der Waals surface area contributed by atoms with E-state index < -0.39 is 11.2 Å². The van der Waals surface area contributed by atoms with Crippen LogP contribution in [-0.4, -0.2) is 52.3 Å². The van der Waals surface area contributed by atoms with Crippen molar-refractivity contribution in [1.82, 2.24) is 0 Å². The second kappa shape index (κ2) is 18.0. The molecule has 2 atom stereocenters. The SMILES string of the molecule is COc1ccccc1C1(c2ccccc2OC)OC(CC2=N[C@H](C(C)C)C(c3ccccc3OC)(c3ccccc3OC)O2)=N[C@@H]1C(C)C.[Br-].[Br-].[Ni+2]. The van der Waals surface area contributed by atoms with Crippen molar-refractivity contribution in [2.24, 2.45) is 21.8 Å². The molecule has 0 unspecified atom stereocenters. The molecule has 52 heavy (non-hydrogen) atoms. The first-order valence-electron chi connectivity index (χ1n) is 16.8. The molecule has 2 aliphatic heterocycles. The van der Waals surface area contributed by atoms with Crippen LogP contribution in [0.15, 0.2) is 107 Å². The number of ether oxygens (including phenoxy) is 6. The third-order valence-corrected chi connectivity index (χ3v) is 9.55. The summed E-state index contributed by atoms with van der Waals surface area (Å²) in [6, 6.07) is 31.2. The van der Waals surface area contributed by atoms with Crippen molar-refractivity contribution in [3.05, 3.63) is 119 Å². The van der Waals surface area contributed by atoms with E-state index in [1.54, 1.807) is 28.4 Å². The van der Waals surface area contributed by atoms with Gasteiger partial charge in [-0.1, -0.05) is 100 Å². The first kappa shape index (κ1) is 42.9. The largest absolute Gasteiger partial charge is 2.00 e. The molecular weight excluding hydrogens is 835 g/mol. The van der Waals surface area contributed by atoms with Crippen LogP contribution in [0.1, 0.15) is 56.4 Å². The summed E-state index contributed by atoms with van der Waals surface area (Å²) in [5, 5.41) is 0. The number of nitrogens with zero attached hydrogens (tertiary/aromatic N) is 2. The van der Waals surface area contributed by atoms with Crippen LogP contribution in [-0.2, 0) is 37.2 Å². The minimum Gasteiger partial charge on any atom is -1.00 e. The number of methoxy groups -OCH3 is 4. The predicted molar refractivity (Wildman–Crippen MR) is 192 cm³/mol. The van der Waals surface area contributed by atoms with Gasteiger partial charge in [-0.3, -0.25) is 0 Å². The van der Waals surface area contributed by atoms with E-state index in [9.17, 15) is 0 Å². The molecule has 6 rings (SSSR count). The van der Waals surface area contributed by atoms with Gasteiger partial charge in [-0.15, -0.1) is 0 Å². The Kier molecular flexibility index (Phi) is 14.8. The maximum absolute atomic E-state index is 7.19. The predicted octanol–water partition coefficient (Wildman–Crippen LogP) is 2.21. The van der Waals surface area contributed by atoms with E-state index >= 15 is 0 Å². The van der Waals surface area contributed by atoms with Gasteiger partial charge in [-0.25, -0.2) is 9.98 Å². The Morgan fingerprint density at radius 2 is 0.750 bits per heavy atom. The van der Waals surface area contributed by atoms with Crippen molar-refractivity contribution >= 4 is 11.8 Å². The van der Waals surface area contributed by atoms with Crippen molar-refractivity contribution in [1.29, 1.82) is 0 Å². The second-order valence-corrected chi connectivity index (χ2v) is 13.1. The van der Waals surface area contributed by atoms with Gasteiger partial charge in [0.15, 0.2) is 23.0 Å². The fourth-order valence-corrected chi connectivity index (χ4v) is 7.52. The minimum atomic E-state index is -1.04. The molecule has 0 bridgehead atoms. The van der Waals surface area contributed by atoms with Gasteiger partial charge in [0, 0.05) is 22.3 Å². The molecule has 0 radical (unpaired) electrons. The number of para-hydroxylation sites is 4. The van der Waals surface area contributed by atoms with Crippen molar-refractivity contribution in [2.45, 2.75) is 57.4 Å². The zero-order valence-electron chi connectivity index (χ0n) is 30.7. The van der Waals surface area contributed by atoms with Gasteiger partial charge in [0.25, 0.3) is 0 Å². The van der Waals surface area contributed by atoms with Crippen LogP contribution in [0.25, 0.3) is 0 Å². The van der Waals surface area contributed by atoms with Crippen LogP contribution >= 0.6 is 0 Å². The number of hydrogen-bond acceptors (Lipinski definition) is 8. The minimum absolute atomic E-state index is 0. The Morgan fingerprint density at radius 3 is 0.981 bits per heavy atom. The van der Waals surface area contributed by atoms with Crippen molar-refractivity contribution in [3.63, 3.8) is 0 Å². The first-order valence-corrected chi connectivity index (χ1v) is 16.8. The first-order chi connectivity index (χ1) is 23.7. The summed E-state index contributed by atoms with van der Waals surface area (Å²) in [6.45, 7) is 8.64. The van der Waals surface area contributed by atoms with E-state index in [1.165, 1.54) is 0 Å². The average Bonchev–Trinajstić information content (AvgIpc) is 3.72. The van der Waals surface area contributed by atoms with Crippen LogP contribution < -0.4 is 52.9 Å². The molecule has 0 N–H and O–H groups in total. The van der Waals surface area contributed by atoms with E-state index in [4.69, 9.17) is 38.4 Å². The van der Waals surface area contributed by atoms with E-state index in [0.29, 0.717) is 34.8 Å². The number of rotatable bonds is 12. The number of benzene rings is 4. The zero-order valence-corrected chi connectivity index (χ0v) is 34.8. The molecule has 2 heterocycles. The van der Waals surface area contributed by atoms with E-state index in [0.717, 1.165) is 22.3 Å². The van der Waals surface area contributed by atoms with Crippen molar-refractivity contribution in [2.75, 3.05) is 28.4 Å². The summed E-state index contributed by atoms with van der Waals surface area (Å²) in [4.78, 5) is 10.6. The molecule has 0 aromatic heterocycles. The number of halogens is 2. The molecule has 4 aromatic carbocycles. The Bertz CT molecular complexity index is 1640. The summed E-state index contributed by atoms with van der Waals surface area (Å²) in [7, 11) is 6.72. The molecule has 0 spiro atoms. The smallest absolute Gasteiger partial charge is 1.00 e. The van der Waals surface area contributed by atoms with Gasteiger partial charge in [-0.2, -0.15) is 0 Å². The molecule has 2 aliphatic rings. The molecule has 8 nitrogen and oxygen atoms in total. The molecular formula is C41H46Br2N2NiO6. The van der Waals surface area contributed by atoms with Gasteiger partial charge >= 0.3 is 16.5 Å². The van der Waals surface area contributed by atoms with Crippen LogP contribution in [0.2, 0.25) is 0 Å². The van der Waals surface area contributed by atoms with E-state index in [2.05, 4.69) is 27.7 Å². The van der Waals surface area contributed by atoms with Crippen molar-refractivity contribution in [3.8, 4) is 23.0 Å². The standard InChI is InChI=1S/C41H46N2O6.2BrH.Ni/c1-26(2)38-40(28-17-9-13-21-32(28)44-5,29-18-10-14-22-33(29)45-6)48-36(42-38)25-37-43-39(27(3)4)41(49-37,30-19-11-15-23-34(30)46-7)31-20-12-16-24-35(31)47-8;;;/h9-24,26-27,38-39H,25H2,1-8H3;2*1H;/q;;;+2/p-2/t38-,39-;;;/m1.../s1.